The second-order valence-electron chi connectivity index (χ2n) is 3.03. The van der Waals surface area contributed by atoms with Gasteiger partial charge in [-0.25, -0.2) is 0 Å². The number of aliphatic imine (C=N–C) groups is 1. The molecule has 0 aliphatic rings. The quantitative estimate of drug-likeness (QED) is 0.180. The van der Waals surface area contributed by atoms with Crippen LogP contribution < -0.4 is 10.8 Å². The first kappa shape index (κ1) is 25.4. The molecule has 0 heterocycles. The van der Waals surface area contributed by atoms with E-state index in [-0.39, 0.29) is 76.3 Å². The molecule has 0 amide bonds. The Kier molecular flexibility index (Phi) is 23.1. The van der Waals surface area contributed by atoms with Gasteiger partial charge in [-0.1, -0.05) is 13.8 Å². The third-order valence-corrected chi connectivity index (χ3v) is 1.66. The van der Waals surface area contributed by atoms with Crippen molar-refractivity contribution in [2.45, 2.75) is 19.4 Å². The maximum absolute atomic E-state index is 8.54. The van der Waals surface area contributed by atoms with Crippen LogP contribution in [-0.2, 0) is 39.6 Å². The van der Waals surface area contributed by atoms with Crippen LogP contribution in [0.5, 0.6) is 0 Å². The van der Waals surface area contributed by atoms with Gasteiger partial charge in [-0.2, -0.15) is 0 Å². The second-order valence-corrected chi connectivity index (χ2v) is 3.03. The third-order valence-electron chi connectivity index (χ3n) is 1.66. The molecule has 0 rings (SSSR count). The molecule has 0 unspecified atom stereocenters. The van der Waals surface area contributed by atoms with Gasteiger partial charge in [-0.3, -0.25) is 10.7 Å². The second kappa shape index (κ2) is 13.6. The van der Waals surface area contributed by atoms with Crippen LogP contribution in [0.4, 0.5) is 0 Å². The summed E-state index contributed by atoms with van der Waals surface area (Å²) < 4.78 is 0. The molecular formula is C8H17N3OUVW-2. The summed E-state index contributed by atoms with van der Waals surface area (Å²) in [6.07, 6.45) is 3.63. The molecule has 87 valence electrons. The van der Waals surface area contributed by atoms with E-state index in [1.807, 2.05) is 32.8 Å². The number of nitrogens with zero attached hydrogens (tertiary/aromatic N) is 1. The molecule has 7 heteroatoms. The van der Waals surface area contributed by atoms with Gasteiger partial charge in [0.1, 0.15) is 0 Å². The fourth-order valence-corrected chi connectivity index (χ4v) is 0.532. The zero-order valence-electron chi connectivity index (χ0n) is 9.40. The van der Waals surface area contributed by atoms with Crippen molar-refractivity contribution in [3.8, 4) is 0 Å². The van der Waals surface area contributed by atoms with Crippen LogP contribution in [0, 0.1) is 44.0 Å². The van der Waals surface area contributed by atoms with Gasteiger partial charge >= 0.3 is 0 Å². The topological polar surface area (TPSA) is 56.7 Å². The first-order chi connectivity index (χ1) is 5.55. The first-order valence-corrected chi connectivity index (χ1v) is 3.81. The summed E-state index contributed by atoms with van der Waals surface area (Å²) in [7, 11) is 3.48. The molecule has 0 aromatic heterocycles. The minimum Gasteiger partial charge on any atom is -0.483 e. The van der Waals surface area contributed by atoms with E-state index in [4.69, 9.17) is 5.21 Å². The van der Waals surface area contributed by atoms with Crippen molar-refractivity contribution in [1.29, 1.82) is 0 Å². The van der Waals surface area contributed by atoms with Crippen molar-refractivity contribution in [3.63, 3.8) is 0 Å². The van der Waals surface area contributed by atoms with Crippen molar-refractivity contribution < 1.29 is 75.9 Å². The van der Waals surface area contributed by atoms with E-state index in [0.29, 0.717) is 5.84 Å². The summed E-state index contributed by atoms with van der Waals surface area (Å²) in [5.74, 6) is 0.443. The van der Waals surface area contributed by atoms with Gasteiger partial charge < -0.3 is 23.2 Å². The molecule has 0 saturated heterocycles. The van der Waals surface area contributed by atoms with Gasteiger partial charge in [0.2, 0.25) is 0 Å². The SMILES string of the molecule is CN=C([CH-][CH-]C(C)(C)NC)NO.[U].[V].[W]. The average molecular weight is 644 g/mol. The minimum absolute atomic E-state index is 0. The number of hydrogen-bond donors (Lipinski definition) is 3. The summed E-state index contributed by atoms with van der Waals surface area (Å²) in [5.41, 5.74) is 1.89. The first-order valence-electron chi connectivity index (χ1n) is 3.81. The number of nitrogens with one attached hydrogen (secondary N) is 2. The Morgan fingerprint density at radius 1 is 1.40 bits per heavy atom. The molecule has 0 bridgehead atoms. The van der Waals surface area contributed by atoms with Crippen LogP contribution >= 0.6 is 0 Å². The number of hydroxylamine groups is 1. The molecule has 1 radical (unpaired) electrons. The van der Waals surface area contributed by atoms with E-state index >= 15 is 0 Å². The van der Waals surface area contributed by atoms with Gasteiger partial charge in [0, 0.05) is 77.8 Å². The molecule has 0 atom stereocenters. The summed E-state index contributed by atoms with van der Waals surface area (Å²) in [6.45, 7) is 4.04. The standard InChI is InChI=1S/C8H17N3O.U.V.W/c1-8(2,10-4)6-5-7(9-3)11-12;;;/h5-6,10,12H,1-4H3,(H,9,11);;;/q-2;;;. The summed E-state index contributed by atoms with van der Waals surface area (Å²) in [6, 6.07) is 0. The zero-order chi connectivity index (χ0) is 9.61. The number of amidine groups is 1. The van der Waals surface area contributed by atoms with Gasteiger partial charge in [0.05, 0.1) is 0 Å². The molecule has 4 nitrogen and oxygen atoms in total. The van der Waals surface area contributed by atoms with Gasteiger partial charge in [0.15, 0.2) is 0 Å². The molecule has 0 spiro atoms. The van der Waals surface area contributed by atoms with E-state index in [9.17, 15) is 0 Å². The predicted octanol–water partition coefficient (Wildman–Crippen LogP) is 0.395. The fourth-order valence-electron chi connectivity index (χ4n) is 0.532. The van der Waals surface area contributed by atoms with E-state index in [1.54, 1.807) is 13.5 Å². The molecule has 0 aromatic rings. The Bertz CT molecular complexity index is 170. The fraction of sp³-hybridized carbons (Fsp3) is 0.625. The van der Waals surface area contributed by atoms with Crippen molar-refractivity contribution in [1.82, 2.24) is 10.8 Å². The molecule has 0 aliphatic carbocycles. The summed E-state index contributed by atoms with van der Waals surface area (Å²) in [4.78, 5) is 3.78. The average Bonchev–Trinajstić information content (AvgIpc) is 2.06. The Balaban J connectivity index is -0.000000202. The molecule has 15 heavy (non-hydrogen) atoms. The van der Waals surface area contributed by atoms with Crippen molar-refractivity contribution in [3.05, 3.63) is 12.8 Å². The molecule has 0 saturated carbocycles. The Hall–Kier alpha value is 1.58. The van der Waals surface area contributed by atoms with E-state index in [0.717, 1.165) is 0 Å². The molecule has 3 N–H and O–H groups in total. The normalized spacial score (nSPS) is 10.3. The van der Waals surface area contributed by atoms with Crippen LogP contribution in [0.25, 0.3) is 0 Å². The van der Waals surface area contributed by atoms with Crippen molar-refractivity contribution in [2.75, 3.05) is 14.1 Å². The van der Waals surface area contributed by atoms with Crippen LogP contribution in [-0.4, -0.2) is 30.7 Å². The van der Waals surface area contributed by atoms with E-state index < -0.39 is 0 Å². The zero-order valence-corrected chi connectivity index (χ0v) is 17.9. The minimum atomic E-state index is -0.0905. The summed E-state index contributed by atoms with van der Waals surface area (Å²) in [5, 5.41) is 11.6. The number of rotatable bonds is 4. The molecule has 0 fully saturated rings. The molecular weight excluding hydrogens is 627 g/mol. The van der Waals surface area contributed by atoms with Crippen LogP contribution in [0.15, 0.2) is 4.99 Å². The van der Waals surface area contributed by atoms with Crippen LogP contribution in [0.1, 0.15) is 13.8 Å². The predicted molar refractivity (Wildman–Crippen MR) is 50.0 cm³/mol. The summed E-state index contributed by atoms with van der Waals surface area (Å²) >= 11 is 0. The van der Waals surface area contributed by atoms with Gasteiger partial charge in [-0.05, 0) is 12.9 Å². The maximum Gasteiger partial charge on any atom is 0.0266 e. The van der Waals surface area contributed by atoms with Gasteiger partial charge in [-0.15, -0.1) is 5.54 Å². The smallest absolute Gasteiger partial charge is 0.0266 e. The van der Waals surface area contributed by atoms with E-state index in [2.05, 4.69) is 10.3 Å². The van der Waals surface area contributed by atoms with Crippen molar-refractivity contribution >= 4 is 5.84 Å². The monoisotopic (exact) mass is 644 g/mol. The van der Waals surface area contributed by atoms with Crippen molar-refractivity contribution in [2.24, 2.45) is 4.99 Å². The van der Waals surface area contributed by atoms with Crippen LogP contribution in [0.2, 0.25) is 0 Å². The van der Waals surface area contributed by atoms with E-state index in [1.165, 1.54) is 0 Å². The van der Waals surface area contributed by atoms with Crippen LogP contribution in [0.3, 0.4) is 0 Å². The molecule has 0 aliphatic heterocycles. The largest absolute Gasteiger partial charge is 0.483 e. The Labute approximate surface area is 142 Å². The van der Waals surface area contributed by atoms with Gasteiger partial charge in [0.25, 0.3) is 0 Å². The molecule has 0 aromatic carbocycles. The Morgan fingerprint density at radius 2 is 1.87 bits per heavy atom. The third kappa shape index (κ3) is 13.5. The Morgan fingerprint density at radius 3 is 2.13 bits per heavy atom. The maximum atomic E-state index is 8.54. The number of hydrogen-bond acceptors (Lipinski definition) is 3.